The van der Waals surface area contributed by atoms with Gasteiger partial charge in [-0.1, -0.05) is 19.3 Å². The van der Waals surface area contributed by atoms with Crippen LogP contribution in [0.4, 0.5) is 0 Å². The molecule has 1 aliphatic rings. The molecular weight excluding hydrogens is 220 g/mol. The van der Waals surface area contributed by atoms with Gasteiger partial charge in [-0.25, -0.2) is 4.79 Å². The minimum absolute atomic E-state index is 0.268. The zero-order valence-corrected chi connectivity index (χ0v) is 9.84. The highest BCUT2D eigenvalue weighted by molar-refractivity contribution is 5.67. The van der Waals surface area contributed by atoms with Gasteiger partial charge in [0.2, 0.25) is 0 Å². The third kappa shape index (κ3) is 3.56. The zero-order chi connectivity index (χ0) is 12.1. The van der Waals surface area contributed by atoms with Crippen molar-refractivity contribution in [3.63, 3.8) is 0 Å². The van der Waals surface area contributed by atoms with Crippen molar-refractivity contribution in [2.45, 2.75) is 44.8 Å². The molecule has 0 bridgehead atoms. The molecule has 2 rings (SSSR count). The van der Waals surface area contributed by atoms with Crippen molar-refractivity contribution in [1.29, 1.82) is 0 Å². The number of aromatic nitrogens is 2. The lowest BCUT2D eigenvalue weighted by Crippen LogP contribution is -2.13. The van der Waals surface area contributed by atoms with Crippen LogP contribution in [-0.4, -0.2) is 27.5 Å². The summed E-state index contributed by atoms with van der Waals surface area (Å²) in [6, 6.07) is 2.41. The second-order valence-electron chi connectivity index (χ2n) is 4.47. The number of hydrogen-bond donors (Lipinski definition) is 1. The Morgan fingerprint density at radius 2 is 2.24 bits per heavy atom. The summed E-state index contributed by atoms with van der Waals surface area (Å²) in [7, 11) is 0. The molecule has 0 radical (unpaired) electrons. The van der Waals surface area contributed by atoms with Crippen LogP contribution in [-0.2, 0) is 16.1 Å². The molecular formula is C12H18N2O3. The molecule has 0 saturated heterocycles. The van der Waals surface area contributed by atoms with Gasteiger partial charge in [-0.3, -0.25) is 4.68 Å². The van der Waals surface area contributed by atoms with Gasteiger partial charge < -0.3 is 9.84 Å². The highest BCUT2D eigenvalue weighted by Crippen LogP contribution is 2.27. The third-order valence-electron chi connectivity index (χ3n) is 3.09. The fraction of sp³-hybridized carbons (Fsp3) is 0.667. The number of carboxylic acids is 1. The van der Waals surface area contributed by atoms with Crippen molar-refractivity contribution in [1.82, 2.24) is 9.78 Å². The summed E-state index contributed by atoms with van der Waals surface area (Å²) in [6.07, 6.45) is 8.22. The maximum atomic E-state index is 10.3. The number of ether oxygens (including phenoxy) is 1. The highest BCUT2D eigenvalue weighted by Gasteiger charge is 2.15. The van der Waals surface area contributed by atoms with Crippen LogP contribution in [0.15, 0.2) is 12.3 Å². The molecule has 1 heterocycles. The normalized spacial score (nSPS) is 17.2. The average Bonchev–Trinajstić information content (AvgIpc) is 2.78. The highest BCUT2D eigenvalue weighted by atomic mass is 16.5. The maximum absolute atomic E-state index is 10.3. The van der Waals surface area contributed by atoms with E-state index < -0.39 is 5.97 Å². The van der Waals surface area contributed by atoms with Crippen molar-refractivity contribution >= 4 is 5.97 Å². The number of carbonyl (C=O) groups is 1. The smallest absolute Gasteiger partial charge is 0.329 e. The number of hydrogen-bond acceptors (Lipinski definition) is 3. The van der Waals surface area contributed by atoms with Crippen molar-refractivity contribution in [2.24, 2.45) is 0 Å². The quantitative estimate of drug-likeness (QED) is 0.852. The Kier molecular flexibility index (Phi) is 4.14. The Morgan fingerprint density at radius 3 is 2.94 bits per heavy atom. The van der Waals surface area contributed by atoms with Gasteiger partial charge in [-0.2, -0.15) is 5.10 Å². The topological polar surface area (TPSA) is 64.3 Å². The van der Waals surface area contributed by atoms with Gasteiger partial charge in [0.15, 0.2) is 0 Å². The van der Waals surface area contributed by atoms with Crippen LogP contribution in [0.2, 0.25) is 0 Å². The molecule has 0 atom stereocenters. The van der Waals surface area contributed by atoms with E-state index in [0.717, 1.165) is 5.69 Å². The first-order valence-electron chi connectivity index (χ1n) is 6.09. The molecule has 5 heteroatoms. The Bertz CT molecular complexity index is 370. The summed E-state index contributed by atoms with van der Waals surface area (Å²) in [5.74, 6) is -0.947. The summed E-state index contributed by atoms with van der Waals surface area (Å²) in [6.45, 7) is 0.00229. The lowest BCUT2D eigenvalue weighted by atomic mass is 9.96. The lowest BCUT2D eigenvalue weighted by Gasteiger charge is -2.21. The molecule has 0 amide bonds. The molecule has 94 valence electrons. The lowest BCUT2D eigenvalue weighted by molar-refractivity contribution is -0.142. The fourth-order valence-electron chi connectivity index (χ4n) is 2.25. The molecule has 0 spiro atoms. The first-order valence-corrected chi connectivity index (χ1v) is 6.09. The van der Waals surface area contributed by atoms with E-state index in [0.29, 0.717) is 6.04 Å². The first-order chi connectivity index (χ1) is 8.25. The molecule has 1 fully saturated rings. The van der Waals surface area contributed by atoms with Crippen LogP contribution < -0.4 is 0 Å². The molecule has 17 heavy (non-hydrogen) atoms. The van der Waals surface area contributed by atoms with E-state index in [9.17, 15) is 4.79 Å². The molecule has 1 saturated carbocycles. The summed E-state index contributed by atoms with van der Waals surface area (Å²) in [5.41, 5.74) is 0.803. The van der Waals surface area contributed by atoms with Crippen LogP contribution >= 0.6 is 0 Å². The van der Waals surface area contributed by atoms with E-state index >= 15 is 0 Å². The van der Waals surface area contributed by atoms with Crippen LogP contribution in [0.25, 0.3) is 0 Å². The SMILES string of the molecule is O=C(O)COCc1ccn(C2CCCCC2)n1. The van der Waals surface area contributed by atoms with Gasteiger partial charge in [-0.15, -0.1) is 0 Å². The van der Waals surface area contributed by atoms with Gasteiger partial charge in [-0.05, 0) is 18.9 Å². The van der Waals surface area contributed by atoms with Gasteiger partial charge >= 0.3 is 5.97 Å². The van der Waals surface area contributed by atoms with Crippen LogP contribution in [0.3, 0.4) is 0 Å². The molecule has 5 nitrogen and oxygen atoms in total. The van der Waals surface area contributed by atoms with E-state index in [4.69, 9.17) is 9.84 Å². The van der Waals surface area contributed by atoms with E-state index in [1.54, 1.807) is 0 Å². The summed E-state index contributed by atoms with van der Waals surface area (Å²) < 4.78 is 7.01. The van der Waals surface area contributed by atoms with Crippen LogP contribution in [0, 0.1) is 0 Å². The van der Waals surface area contributed by atoms with Crippen LogP contribution in [0.5, 0.6) is 0 Å². The minimum atomic E-state index is -0.947. The number of nitrogens with zero attached hydrogens (tertiary/aromatic N) is 2. The number of aliphatic carboxylic acids is 1. The predicted molar refractivity (Wildman–Crippen MR) is 61.6 cm³/mol. The van der Waals surface area contributed by atoms with Gasteiger partial charge in [0.05, 0.1) is 18.3 Å². The summed E-state index contributed by atoms with van der Waals surface area (Å²) >= 11 is 0. The number of carboxylic acid groups (broad SMARTS) is 1. The standard InChI is InChI=1S/C12H18N2O3/c15-12(16)9-17-8-10-6-7-14(13-10)11-4-2-1-3-5-11/h6-7,11H,1-5,8-9H2,(H,15,16). The zero-order valence-electron chi connectivity index (χ0n) is 9.84. The maximum Gasteiger partial charge on any atom is 0.329 e. The van der Waals surface area contributed by atoms with Crippen molar-refractivity contribution in [3.8, 4) is 0 Å². The van der Waals surface area contributed by atoms with Crippen molar-refractivity contribution < 1.29 is 14.6 Å². The van der Waals surface area contributed by atoms with E-state index in [1.807, 2.05) is 16.9 Å². The van der Waals surface area contributed by atoms with Gasteiger partial charge in [0.1, 0.15) is 6.61 Å². The average molecular weight is 238 g/mol. The Labute approximate surface area is 100 Å². The fourth-order valence-corrected chi connectivity index (χ4v) is 2.25. The predicted octanol–water partition coefficient (Wildman–Crippen LogP) is 1.99. The van der Waals surface area contributed by atoms with Crippen LogP contribution in [0.1, 0.15) is 43.8 Å². The minimum Gasteiger partial charge on any atom is -0.480 e. The molecule has 1 aliphatic carbocycles. The Balaban J connectivity index is 1.84. The monoisotopic (exact) mass is 238 g/mol. The van der Waals surface area contributed by atoms with E-state index in [1.165, 1.54) is 32.1 Å². The van der Waals surface area contributed by atoms with Gasteiger partial charge in [0.25, 0.3) is 0 Å². The Hall–Kier alpha value is -1.36. The number of rotatable bonds is 5. The van der Waals surface area contributed by atoms with E-state index in [2.05, 4.69) is 5.10 Å². The molecule has 0 aromatic carbocycles. The third-order valence-corrected chi connectivity index (χ3v) is 3.09. The molecule has 1 aromatic rings. The molecule has 0 unspecified atom stereocenters. The summed E-state index contributed by atoms with van der Waals surface area (Å²) in [4.78, 5) is 10.3. The Morgan fingerprint density at radius 1 is 1.47 bits per heavy atom. The first kappa shape index (κ1) is 12.1. The molecule has 0 aliphatic heterocycles. The molecule has 1 aromatic heterocycles. The largest absolute Gasteiger partial charge is 0.480 e. The molecule has 1 N–H and O–H groups in total. The second-order valence-corrected chi connectivity index (χ2v) is 4.47. The van der Waals surface area contributed by atoms with Crippen molar-refractivity contribution in [2.75, 3.05) is 6.61 Å². The second kappa shape index (κ2) is 5.82. The van der Waals surface area contributed by atoms with Gasteiger partial charge in [0, 0.05) is 6.20 Å². The van der Waals surface area contributed by atoms with Crippen molar-refractivity contribution in [3.05, 3.63) is 18.0 Å². The van der Waals surface area contributed by atoms with E-state index in [-0.39, 0.29) is 13.2 Å². The summed E-state index contributed by atoms with van der Waals surface area (Å²) in [5, 5.41) is 12.9.